The van der Waals surface area contributed by atoms with Gasteiger partial charge in [-0.05, 0) is 74.9 Å². The molecule has 0 spiro atoms. The molecule has 6 atom stereocenters. The summed E-state index contributed by atoms with van der Waals surface area (Å²) in [4.78, 5) is 0. The number of aliphatic hydroxyl groups excluding tert-OH is 9. The number of hydrogen-bond donors (Lipinski definition) is 9. The molecule has 0 saturated carbocycles. The predicted molar refractivity (Wildman–Crippen MR) is 270 cm³/mol. The highest BCUT2D eigenvalue weighted by Gasteiger charge is 2.68. The molecule has 70 heavy (non-hydrogen) atoms. The van der Waals surface area contributed by atoms with Crippen LogP contribution in [0.15, 0.2) is 182 Å². The van der Waals surface area contributed by atoms with Crippen molar-refractivity contribution < 1.29 is 59.5 Å². The first-order valence-electron chi connectivity index (χ1n) is 23.6. The molecule has 6 aromatic carbocycles. The minimum atomic E-state index is -3.42. The average molecular weight is 977 g/mol. The van der Waals surface area contributed by atoms with Crippen molar-refractivity contribution in [2.24, 2.45) is 16.2 Å². The molecule has 6 unspecified atom stereocenters. The zero-order chi connectivity index (χ0) is 51.0. The summed E-state index contributed by atoms with van der Waals surface area (Å²) in [5, 5.41) is 110. The van der Waals surface area contributed by atoms with Crippen LogP contribution in [0.2, 0.25) is 0 Å². The number of rotatable bonds is 24. The summed E-state index contributed by atoms with van der Waals surface area (Å²) in [5.41, 5.74) is -11.0. The molecule has 0 amide bonds. The fraction of sp³-hybridized carbons (Fsp3) is 0.368. The van der Waals surface area contributed by atoms with Gasteiger partial charge in [0.15, 0.2) is 0 Å². The molecule has 0 aliphatic rings. The molecule has 0 aromatic heterocycles. The van der Waals surface area contributed by atoms with Gasteiger partial charge in [-0.25, -0.2) is 0 Å². The van der Waals surface area contributed by atoms with Crippen molar-refractivity contribution in [1.82, 2.24) is 0 Å². The van der Waals surface area contributed by atoms with Gasteiger partial charge in [0, 0.05) is 0 Å². The lowest BCUT2D eigenvalue weighted by atomic mass is 9.60. The molecule has 0 radical (unpaired) electrons. The quantitative estimate of drug-likeness (QED) is 0.0274. The monoisotopic (exact) mass is 976 g/mol. The molecule has 0 heterocycles. The summed E-state index contributed by atoms with van der Waals surface area (Å²) in [5.74, 6) is 0. The van der Waals surface area contributed by atoms with Crippen molar-refractivity contribution in [3.8, 4) is 0 Å². The highest BCUT2D eigenvalue weighted by atomic mass is 31.2. The van der Waals surface area contributed by atoms with E-state index in [4.69, 9.17) is 13.6 Å². The van der Waals surface area contributed by atoms with Gasteiger partial charge >= 0.3 is 8.60 Å². The standard InChI is InChI=1S/C57H69O12P/c1-40(61)52(37-58,41(2)62)55(46-25-13-7-14-26-46,47-27-15-8-16-28-47)67-70(68-56(48-29-17-9-18-30-48,49-31-19-10-20-32-49)53(38-59,42(3)63)43(4)64)69-57(50-33-21-11-22-34-50,51-35-23-12-24-36-51)54(39-60,44(5)65)45(6)66/h7-36,40-45,58-66H,37-39H2,1-6H3. The first-order chi connectivity index (χ1) is 33.5. The fourth-order valence-corrected chi connectivity index (χ4v) is 13.0. The van der Waals surface area contributed by atoms with Crippen molar-refractivity contribution in [3.05, 3.63) is 215 Å². The van der Waals surface area contributed by atoms with Gasteiger partial charge in [0.2, 0.25) is 0 Å². The molecule has 0 bridgehead atoms. The lowest BCUT2D eigenvalue weighted by Crippen LogP contribution is -2.64. The van der Waals surface area contributed by atoms with E-state index in [1.807, 2.05) is 0 Å². The van der Waals surface area contributed by atoms with Crippen LogP contribution in [0, 0.1) is 16.2 Å². The Bertz CT molecular complexity index is 2050. The summed E-state index contributed by atoms with van der Waals surface area (Å²) in [6.45, 7) is 5.90. The predicted octanol–water partition coefficient (Wildman–Crippen LogP) is 7.32. The van der Waals surface area contributed by atoms with Crippen molar-refractivity contribution in [2.45, 2.75) is 95.0 Å². The Morgan fingerprint density at radius 1 is 0.300 bits per heavy atom. The van der Waals surface area contributed by atoms with Crippen LogP contribution in [0.3, 0.4) is 0 Å². The van der Waals surface area contributed by atoms with Crippen LogP contribution >= 0.6 is 8.60 Å². The van der Waals surface area contributed by atoms with E-state index in [9.17, 15) is 46.0 Å². The Hall–Kier alpha value is -4.73. The molecular weight excluding hydrogens is 908 g/mol. The Morgan fingerprint density at radius 3 is 0.557 bits per heavy atom. The maximum absolute atomic E-state index is 12.3. The van der Waals surface area contributed by atoms with Crippen molar-refractivity contribution in [2.75, 3.05) is 19.8 Å². The Kier molecular flexibility index (Phi) is 17.8. The van der Waals surface area contributed by atoms with Crippen LogP contribution in [-0.4, -0.2) is 102 Å². The number of aliphatic hydroxyl groups is 9. The third kappa shape index (κ3) is 8.87. The molecule has 0 saturated heterocycles. The molecule has 6 rings (SSSR count). The van der Waals surface area contributed by atoms with E-state index in [2.05, 4.69) is 0 Å². The molecular formula is C57H69O12P. The van der Waals surface area contributed by atoms with Crippen molar-refractivity contribution in [3.63, 3.8) is 0 Å². The zero-order valence-electron chi connectivity index (χ0n) is 40.6. The molecule has 13 heteroatoms. The largest absolute Gasteiger partial charge is 0.395 e. The Balaban J connectivity index is 1.94. The molecule has 0 aliphatic heterocycles. The van der Waals surface area contributed by atoms with Gasteiger partial charge in [-0.3, -0.25) is 13.6 Å². The molecule has 6 aromatic rings. The molecule has 12 nitrogen and oxygen atoms in total. The van der Waals surface area contributed by atoms with E-state index in [-0.39, 0.29) is 0 Å². The smallest absolute Gasteiger partial charge is 0.336 e. The lowest BCUT2D eigenvalue weighted by molar-refractivity contribution is -0.219. The number of hydrogen-bond acceptors (Lipinski definition) is 12. The van der Waals surface area contributed by atoms with Gasteiger partial charge in [-0.2, -0.15) is 0 Å². The third-order valence-corrected chi connectivity index (χ3v) is 16.2. The van der Waals surface area contributed by atoms with Gasteiger partial charge in [0.1, 0.15) is 16.8 Å². The van der Waals surface area contributed by atoms with E-state index in [1.54, 1.807) is 182 Å². The Labute approximate surface area is 413 Å². The van der Waals surface area contributed by atoms with Crippen LogP contribution < -0.4 is 0 Å². The zero-order valence-corrected chi connectivity index (χ0v) is 41.5. The number of benzene rings is 6. The van der Waals surface area contributed by atoms with Crippen LogP contribution in [0.25, 0.3) is 0 Å². The van der Waals surface area contributed by atoms with Gasteiger partial charge in [-0.1, -0.05) is 182 Å². The minimum absolute atomic E-state index is 0.311. The maximum Gasteiger partial charge on any atom is 0.336 e. The third-order valence-electron chi connectivity index (χ3n) is 14.9. The Morgan fingerprint density at radius 2 is 0.443 bits per heavy atom. The van der Waals surface area contributed by atoms with Gasteiger partial charge < -0.3 is 46.0 Å². The second-order valence-electron chi connectivity index (χ2n) is 18.4. The molecule has 0 fully saturated rings. The van der Waals surface area contributed by atoms with Gasteiger partial charge in [-0.15, -0.1) is 0 Å². The topological polar surface area (TPSA) is 210 Å². The molecule has 374 valence electrons. The van der Waals surface area contributed by atoms with E-state index in [1.165, 1.54) is 41.5 Å². The molecule has 9 N–H and O–H groups in total. The SMILES string of the molecule is CC(O)C(CO)(C(C)O)C(OP(OC(c1ccccc1)(c1ccccc1)C(CO)(C(C)O)C(C)O)OC(c1ccccc1)(c1ccccc1)C(CO)(C(C)O)C(C)O)(c1ccccc1)c1ccccc1. The first-order valence-corrected chi connectivity index (χ1v) is 24.7. The second-order valence-corrected chi connectivity index (χ2v) is 19.4. The van der Waals surface area contributed by atoms with Crippen molar-refractivity contribution >= 4 is 8.60 Å². The van der Waals surface area contributed by atoms with Crippen molar-refractivity contribution in [1.29, 1.82) is 0 Å². The summed E-state index contributed by atoms with van der Waals surface area (Å²) in [6, 6.07) is 52.0. The normalized spacial score (nSPS) is 18.2. The minimum Gasteiger partial charge on any atom is -0.395 e. The summed E-state index contributed by atoms with van der Waals surface area (Å²) in [7, 11) is -3.42. The van der Waals surface area contributed by atoms with Gasteiger partial charge in [0.25, 0.3) is 0 Å². The second kappa shape index (κ2) is 22.8. The maximum atomic E-state index is 12.3. The van der Waals surface area contributed by atoms with E-state index in [0.29, 0.717) is 33.4 Å². The van der Waals surface area contributed by atoms with E-state index < -0.39 is 98.1 Å². The summed E-state index contributed by atoms with van der Waals surface area (Å²) >= 11 is 0. The average Bonchev–Trinajstić information content (AvgIpc) is 3.37. The summed E-state index contributed by atoms with van der Waals surface area (Å²) < 4.78 is 23.5. The summed E-state index contributed by atoms with van der Waals surface area (Å²) in [6.07, 6.45) is -9.45. The lowest BCUT2D eigenvalue weighted by Gasteiger charge is -2.58. The highest BCUT2D eigenvalue weighted by molar-refractivity contribution is 7.41. The van der Waals surface area contributed by atoms with E-state index in [0.717, 1.165) is 0 Å². The van der Waals surface area contributed by atoms with Crippen LogP contribution in [-0.2, 0) is 30.4 Å². The fourth-order valence-electron chi connectivity index (χ4n) is 11.1. The highest BCUT2D eigenvalue weighted by Crippen LogP contribution is 2.69. The van der Waals surface area contributed by atoms with Crippen LogP contribution in [0.1, 0.15) is 74.9 Å². The van der Waals surface area contributed by atoms with Crippen LogP contribution in [0.4, 0.5) is 0 Å². The van der Waals surface area contributed by atoms with E-state index >= 15 is 0 Å². The van der Waals surface area contributed by atoms with Gasteiger partial charge in [0.05, 0.1) is 72.7 Å². The molecule has 0 aliphatic carbocycles. The van der Waals surface area contributed by atoms with Crippen LogP contribution in [0.5, 0.6) is 0 Å². The first kappa shape index (κ1) is 54.6.